The van der Waals surface area contributed by atoms with Crippen molar-refractivity contribution >= 4 is 28.5 Å². The third-order valence-corrected chi connectivity index (χ3v) is 7.11. The third-order valence-electron chi connectivity index (χ3n) is 7.11. The van der Waals surface area contributed by atoms with Crippen molar-refractivity contribution in [2.75, 3.05) is 18.0 Å². The van der Waals surface area contributed by atoms with E-state index in [1.165, 1.54) is 32.1 Å². The highest BCUT2D eigenvalue weighted by molar-refractivity contribution is 6.07. The lowest BCUT2D eigenvalue weighted by molar-refractivity contribution is 0.100. The van der Waals surface area contributed by atoms with Crippen molar-refractivity contribution in [3.05, 3.63) is 35.4 Å². The zero-order valence-corrected chi connectivity index (χ0v) is 19.7. The van der Waals surface area contributed by atoms with Crippen LogP contribution in [0.15, 0.2) is 29.3 Å². The Labute approximate surface area is 191 Å². The number of aryl methyl sites for hydroxylation is 1. The van der Waals surface area contributed by atoms with Gasteiger partial charge in [-0.1, -0.05) is 30.9 Å². The smallest absolute Gasteiger partial charge is 0.282 e. The van der Waals surface area contributed by atoms with E-state index in [1.807, 2.05) is 19.1 Å². The number of hydrogen-bond donors (Lipinski definition) is 2. The second-order valence-corrected chi connectivity index (χ2v) is 9.73. The van der Waals surface area contributed by atoms with Crippen molar-refractivity contribution in [2.24, 2.45) is 16.6 Å². The molecule has 1 saturated heterocycles. The van der Waals surface area contributed by atoms with Gasteiger partial charge < -0.3 is 16.0 Å². The summed E-state index contributed by atoms with van der Waals surface area (Å²) in [6, 6.07) is 9.17. The van der Waals surface area contributed by atoms with Crippen LogP contribution in [0.25, 0.3) is 10.9 Å². The first-order chi connectivity index (χ1) is 15.4. The second kappa shape index (κ2) is 9.99. The number of aliphatic imine (C=N–C) groups is 1. The minimum atomic E-state index is -0.318. The highest BCUT2D eigenvalue weighted by atomic mass is 16.1. The molecule has 2 heterocycles. The predicted octanol–water partition coefficient (Wildman–Crippen LogP) is 4.59. The van der Waals surface area contributed by atoms with Crippen LogP contribution in [-0.4, -0.2) is 41.9 Å². The normalized spacial score (nSPS) is 20.0. The first-order valence-corrected chi connectivity index (χ1v) is 12.2. The molecular formula is C26H37N5O. The molecule has 3 N–H and O–H groups in total. The fourth-order valence-corrected chi connectivity index (χ4v) is 5.30. The van der Waals surface area contributed by atoms with Crippen molar-refractivity contribution < 1.29 is 4.79 Å². The molecular weight excluding hydrogens is 398 g/mol. The SMILES string of the molecule is CC(N)=NC(=O)c1cc2cc(C)ccc2nc1N1CCC(NC(C)C2CCCCC2)CC1. The van der Waals surface area contributed by atoms with Crippen LogP contribution in [0.1, 0.15) is 74.7 Å². The van der Waals surface area contributed by atoms with Crippen LogP contribution < -0.4 is 16.0 Å². The van der Waals surface area contributed by atoms with Gasteiger partial charge in [0.25, 0.3) is 5.91 Å². The standard InChI is InChI=1S/C26H37N5O/c1-17-9-10-24-21(15-17)16-23(26(32)29-19(3)27)25(30-24)31-13-11-22(12-14-31)28-18(2)20-7-5-4-6-8-20/h9-10,15-16,18,20,22,28H,4-8,11-14H2,1-3H3,(H2,27,29,32). The largest absolute Gasteiger partial charge is 0.387 e. The van der Waals surface area contributed by atoms with Crippen LogP contribution in [0.3, 0.4) is 0 Å². The van der Waals surface area contributed by atoms with Gasteiger partial charge in [0.1, 0.15) is 11.7 Å². The monoisotopic (exact) mass is 435 g/mol. The number of carbonyl (C=O) groups excluding carboxylic acids is 1. The number of carbonyl (C=O) groups is 1. The van der Waals surface area contributed by atoms with Crippen LogP contribution in [0.5, 0.6) is 0 Å². The van der Waals surface area contributed by atoms with Crippen molar-refractivity contribution in [3.8, 4) is 0 Å². The number of amides is 1. The fourth-order valence-electron chi connectivity index (χ4n) is 5.30. The number of nitrogens with zero attached hydrogens (tertiary/aromatic N) is 3. The number of amidine groups is 1. The Morgan fingerprint density at radius 1 is 1.16 bits per heavy atom. The molecule has 1 amide bonds. The van der Waals surface area contributed by atoms with Gasteiger partial charge in [0, 0.05) is 30.6 Å². The summed E-state index contributed by atoms with van der Waals surface area (Å²) in [5.74, 6) is 1.50. The molecule has 6 nitrogen and oxygen atoms in total. The Balaban J connectivity index is 1.51. The number of pyridine rings is 1. The number of fused-ring (bicyclic) bond motifs is 1. The average Bonchev–Trinajstić information content (AvgIpc) is 2.79. The number of nitrogens with two attached hydrogens (primary N) is 1. The zero-order valence-electron chi connectivity index (χ0n) is 19.7. The number of nitrogens with one attached hydrogen (secondary N) is 1. The van der Waals surface area contributed by atoms with Gasteiger partial charge in [-0.3, -0.25) is 4.79 Å². The van der Waals surface area contributed by atoms with Gasteiger partial charge in [0.05, 0.1) is 11.1 Å². The summed E-state index contributed by atoms with van der Waals surface area (Å²) < 4.78 is 0. The second-order valence-electron chi connectivity index (χ2n) is 9.73. The Bertz CT molecular complexity index is 983. The molecule has 1 aliphatic carbocycles. The highest BCUT2D eigenvalue weighted by Gasteiger charge is 2.27. The minimum absolute atomic E-state index is 0.268. The van der Waals surface area contributed by atoms with Gasteiger partial charge in [0.2, 0.25) is 0 Å². The topological polar surface area (TPSA) is 83.6 Å². The summed E-state index contributed by atoms with van der Waals surface area (Å²) in [5.41, 5.74) is 8.29. The molecule has 0 radical (unpaired) electrons. The van der Waals surface area contributed by atoms with E-state index in [2.05, 4.69) is 34.3 Å². The van der Waals surface area contributed by atoms with Crippen LogP contribution in [0.2, 0.25) is 0 Å². The van der Waals surface area contributed by atoms with Gasteiger partial charge in [-0.25, -0.2) is 4.98 Å². The molecule has 2 aromatic rings. The van der Waals surface area contributed by atoms with E-state index in [4.69, 9.17) is 10.7 Å². The Kier molecular flexibility index (Phi) is 7.09. The summed E-state index contributed by atoms with van der Waals surface area (Å²) in [6.07, 6.45) is 8.98. The summed E-state index contributed by atoms with van der Waals surface area (Å²) in [4.78, 5) is 24.1. The molecule has 1 saturated carbocycles. The van der Waals surface area contributed by atoms with Crippen LogP contribution in [-0.2, 0) is 0 Å². The lowest BCUT2D eigenvalue weighted by Crippen LogP contribution is -2.48. The molecule has 0 spiro atoms. The molecule has 1 unspecified atom stereocenters. The number of aromatic nitrogens is 1. The van der Waals surface area contributed by atoms with Crippen molar-refractivity contribution in [3.63, 3.8) is 0 Å². The minimum Gasteiger partial charge on any atom is -0.387 e. The maximum Gasteiger partial charge on any atom is 0.282 e. The van der Waals surface area contributed by atoms with Crippen LogP contribution in [0, 0.1) is 12.8 Å². The lowest BCUT2D eigenvalue weighted by atomic mass is 9.84. The summed E-state index contributed by atoms with van der Waals surface area (Å²) >= 11 is 0. The fraction of sp³-hybridized carbons (Fsp3) is 0.577. The molecule has 1 aromatic carbocycles. The number of hydrogen-bond acceptors (Lipinski definition) is 4. The first kappa shape index (κ1) is 22.7. The van der Waals surface area contributed by atoms with E-state index in [1.54, 1.807) is 6.92 Å². The quantitative estimate of drug-likeness (QED) is 0.530. The Morgan fingerprint density at radius 2 is 1.88 bits per heavy atom. The summed E-state index contributed by atoms with van der Waals surface area (Å²) in [7, 11) is 0. The van der Waals surface area contributed by atoms with Crippen molar-refractivity contribution in [1.82, 2.24) is 10.3 Å². The molecule has 0 bridgehead atoms. The first-order valence-electron chi connectivity index (χ1n) is 12.2. The number of piperidine rings is 1. The zero-order chi connectivity index (χ0) is 22.7. The lowest BCUT2D eigenvalue weighted by Gasteiger charge is -2.37. The van der Waals surface area contributed by atoms with E-state index in [-0.39, 0.29) is 11.7 Å². The molecule has 1 aliphatic heterocycles. The van der Waals surface area contributed by atoms with Crippen molar-refractivity contribution in [2.45, 2.75) is 77.8 Å². The maximum absolute atomic E-state index is 12.9. The molecule has 4 rings (SSSR count). The average molecular weight is 436 g/mol. The number of rotatable bonds is 5. The van der Waals surface area contributed by atoms with Crippen LogP contribution in [0.4, 0.5) is 5.82 Å². The van der Waals surface area contributed by atoms with Gasteiger partial charge in [-0.05, 0) is 70.6 Å². The van der Waals surface area contributed by atoms with E-state index >= 15 is 0 Å². The Hall–Kier alpha value is -2.47. The molecule has 32 heavy (non-hydrogen) atoms. The van der Waals surface area contributed by atoms with E-state index < -0.39 is 0 Å². The van der Waals surface area contributed by atoms with Crippen molar-refractivity contribution in [1.29, 1.82) is 0 Å². The molecule has 2 aliphatic rings. The summed E-state index contributed by atoms with van der Waals surface area (Å²) in [6.45, 7) is 7.80. The molecule has 1 aromatic heterocycles. The van der Waals surface area contributed by atoms with E-state index in [9.17, 15) is 4.79 Å². The van der Waals surface area contributed by atoms with Gasteiger partial charge in [-0.15, -0.1) is 0 Å². The van der Waals surface area contributed by atoms with Gasteiger partial charge >= 0.3 is 0 Å². The maximum atomic E-state index is 12.9. The highest BCUT2D eigenvalue weighted by Crippen LogP contribution is 2.29. The van der Waals surface area contributed by atoms with E-state index in [0.717, 1.165) is 54.1 Å². The number of anilines is 1. The van der Waals surface area contributed by atoms with Gasteiger partial charge in [-0.2, -0.15) is 4.99 Å². The van der Waals surface area contributed by atoms with Gasteiger partial charge in [0.15, 0.2) is 0 Å². The Morgan fingerprint density at radius 3 is 2.56 bits per heavy atom. The molecule has 1 atom stereocenters. The number of benzene rings is 1. The molecule has 2 fully saturated rings. The molecule has 172 valence electrons. The third kappa shape index (κ3) is 5.29. The van der Waals surface area contributed by atoms with Crippen LogP contribution >= 0.6 is 0 Å². The van der Waals surface area contributed by atoms with E-state index in [0.29, 0.717) is 17.6 Å². The molecule has 6 heteroatoms. The predicted molar refractivity (Wildman–Crippen MR) is 133 cm³/mol. The summed E-state index contributed by atoms with van der Waals surface area (Å²) in [5, 5.41) is 4.87.